The number of rotatable bonds is 5. The first-order chi connectivity index (χ1) is 12.7. The quantitative estimate of drug-likeness (QED) is 0.582. The average molecular weight is 369 g/mol. The van der Waals surface area contributed by atoms with Crippen LogP contribution in [0.3, 0.4) is 0 Å². The molecule has 1 heterocycles. The number of nitrogens with zero attached hydrogens (tertiary/aromatic N) is 2. The SMILES string of the molecule is CCOC(=O)c1ccc2nc(C3CCC3)n(Cc3ccccc3Cl)c2c1. The number of carbonyl (C=O) groups excluding carboxylic acids is 1. The summed E-state index contributed by atoms with van der Waals surface area (Å²) in [4.78, 5) is 17.0. The molecule has 1 aromatic heterocycles. The monoisotopic (exact) mass is 368 g/mol. The van der Waals surface area contributed by atoms with Crippen molar-refractivity contribution >= 4 is 28.6 Å². The standard InChI is InChI=1S/C21H21ClN2O2/c1-2-26-21(25)15-10-11-18-19(12-15)24(20(23-18)14-7-5-8-14)13-16-6-3-4-9-17(16)22/h3-4,6,9-12,14H,2,5,7-8,13H2,1H3. The Morgan fingerprint density at radius 3 is 2.77 bits per heavy atom. The van der Waals surface area contributed by atoms with Crippen LogP contribution in [0, 0.1) is 0 Å². The van der Waals surface area contributed by atoms with Crippen molar-refractivity contribution in [3.8, 4) is 0 Å². The Morgan fingerprint density at radius 1 is 1.27 bits per heavy atom. The first-order valence-corrected chi connectivity index (χ1v) is 9.46. The molecule has 0 radical (unpaired) electrons. The summed E-state index contributed by atoms with van der Waals surface area (Å²) in [5.41, 5.74) is 3.47. The first-order valence-electron chi connectivity index (χ1n) is 9.08. The highest BCUT2D eigenvalue weighted by Crippen LogP contribution is 2.38. The Bertz CT molecular complexity index is 960. The minimum atomic E-state index is -0.301. The molecule has 0 aliphatic heterocycles. The van der Waals surface area contributed by atoms with Crippen LogP contribution in [0.2, 0.25) is 5.02 Å². The Hall–Kier alpha value is -2.33. The van der Waals surface area contributed by atoms with Crippen molar-refractivity contribution in [3.63, 3.8) is 0 Å². The van der Waals surface area contributed by atoms with E-state index < -0.39 is 0 Å². The van der Waals surface area contributed by atoms with Crippen LogP contribution in [0.25, 0.3) is 11.0 Å². The van der Waals surface area contributed by atoms with Gasteiger partial charge in [-0.1, -0.05) is 36.2 Å². The second kappa shape index (κ2) is 7.12. The Kier molecular flexibility index (Phi) is 4.68. The molecule has 1 fully saturated rings. The van der Waals surface area contributed by atoms with Gasteiger partial charge in [-0.25, -0.2) is 9.78 Å². The minimum Gasteiger partial charge on any atom is -0.462 e. The summed E-state index contributed by atoms with van der Waals surface area (Å²) in [5, 5.41) is 0.746. The van der Waals surface area contributed by atoms with Crippen molar-refractivity contribution in [3.05, 3.63) is 64.4 Å². The van der Waals surface area contributed by atoms with Gasteiger partial charge in [-0.05, 0) is 49.6 Å². The number of benzene rings is 2. The van der Waals surface area contributed by atoms with Crippen LogP contribution < -0.4 is 0 Å². The van der Waals surface area contributed by atoms with Gasteiger partial charge in [-0.2, -0.15) is 0 Å². The van der Waals surface area contributed by atoms with Crippen LogP contribution in [0.4, 0.5) is 0 Å². The van der Waals surface area contributed by atoms with E-state index in [0.29, 0.717) is 24.6 Å². The lowest BCUT2D eigenvalue weighted by molar-refractivity contribution is 0.0526. The summed E-state index contributed by atoms with van der Waals surface area (Å²) in [6, 6.07) is 13.5. The van der Waals surface area contributed by atoms with E-state index in [-0.39, 0.29) is 5.97 Å². The van der Waals surface area contributed by atoms with Gasteiger partial charge < -0.3 is 9.30 Å². The number of esters is 1. The highest BCUT2D eigenvalue weighted by atomic mass is 35.5. The van der Waals surface area contributed by atoms with Crippen LogP contribution in [-0.2, 0) is 11.3 Å². The second-order valence-electron chi connectivity index (χ2n) is 6.70. The highest BCUT2D eigenvalue weighted by Gasteiger charge is 2.26. The molecule has 1 aliphatic carbocycles. The Balaban J connectivity index is 1.82. The molecule has 5 heteroatoms. The van der Waals surface area contributed by atoms with Gasteiger partial charge in [0.2, 0.25) is 0 Å². The van der Waals surface area contributed by atoms with Crippen molar-refractivity contribution < 1.29 is 9.53 Å². The number of imidazole rings is 1. The molecule has 4 rings (SSSR count). The molecule has 26 heavy (non-hydrogen) atoms. The van der Waals surface area contributed by atoms with Crippen LogP contribution in [0.5, 0.6) is 0 Å². The summed E-state index contributed by atoms with van der Waals surface area (Å²) in [5.74, 6) is 1.27. The maximum Gasteiger partial charge on any atom is 0.338 e. The van der Waals surface area contributed by atoms with Gasteiger partial charge in [0.05, 0.1) is 29.7 Å². The van der Waals surface area contributed by atoms with Crippen LogP contribution >= 0.6 is 11.6 Å². The number of fused-ring (bicyclic) bond motifs is 1. The molecule has 1 saturated carbocycles. The summed E-state index contributed by atoms with van der Waals surface area (Å²) in [7, 11) is 0. The number of ether oxygens (including phenoxy) is 1. The number of hydrogen-bond acceptors (Lipinski definition) is 3. The zero-order valence-corrected chi connectivity index (χ0v) is 15.5. The zero-order valence-electron chi connectivity index (χ0n) is 14.7. The average Bonchev–Trinajstić information content (AvgIpc) is 2.93. The molecule has 0 saturated heterocycles. The number of carbonyl (C=O) groups is 1. The lowest BCUT2D eigenvalue weighted by Crippen LogP contribution is -2.16. The third-order valence-corrected chi connectivity index (χ3v) is 5.41. The van der Waals surface area contributed by atoms with Gasteiger partial charge in [-0.15, -0.1) is 0 Å². The van der Waals surface area contributed by atoms with Crippen LogP contribution in [0.15, 0.2) is 42.5 Å². The molecule has 1 aliphatic rings. The van der Waals surface area contributed by atoms with E-state index in [1.54, 1.807) is 6.07 Å². The number of halogens is 1. The molecule has 0 unspecified atom stereocenters. The Morgan fingerprint density at radius 2 is 2.08 bits per heavy atom. The first kappa shape index (κ1) is 17.1. The van der Waals surface area contributed by atoms with E-state index in [4.69, 9.17) is 21.3 Å². The maximum absolute atomic E-state index is 12.1. The number of hydrogen-bond donors (Lipinski definition) is 0. The molecule has 2 aromatic carbocycles. The summed E-state index contributed by atoms with van der Waals surface area (Å²) < 4.78 is 7.36. The van der Waals surface area contributed by atoms with Gasteiger partial charge in [0.15, 0.2) is 0 Å². The van der Waals surface area contributed by atoms with Crippen molar-refractivity contribution in [1.29, 1.82) is 0 Å². The third kappa shape index (κ3) is 3.10. The van der Waals surface area contributed by atoms with E-state index in [9.17, 15) is 4.79 Å². The zero-order chi connectivity index (χ0) is 18.1. The van der Waals surface area contributed by atoms with Gasteiger partial charge >= 0.3 is 5.97 Å². The molecule has 0 atom stereocenters. The molecular formula is C21H21ClN2O2. The topological polar surface area (TPSA) is 44.1 Å². The molecule has 0 bridgehead atoms. The largest absolute Gasteiger partial charge is 0.462 e. The molecule has 134 valence electrons. The lowest BCUT2D eigenvalue weighted by Gasteiger charge is -2.26. The van der Waals surface area contributed by atoms with E-state index in [2.05, 4.69) is 4.57 Å². The maximum atomic E-state index is 12.1. The van der Waals surface area contributed by atoms with Crippen LogP contribution in [-0.4, -0.2) is 22.1 Å². The summed E-state index contributed by atoms with van der Waals surface area (Å²) in [6.45, 7) is 2.82. The third-order valence-electron chi connectivity index (χ3n) is 5.05. The van der Waals surface area contributed by atoms with Crippen LogP contribution in [0.1, 0.15) is 53.8 Å². The summed E-state index contributed by atoms with van der Waals surface area (Å²) >= 11 is 6.39. The fourth-order valence-electron chi connectivity index (χ4n) is 3.42. The molecule has 0 amide bonds. The van der Waals surface area contributed by atoms with Gasteiger partial charge in [-0.3, -0.25) is 0 Å². The molecule has 0 N–H and O–H groups in total. The van der Waals surface area contributed by atoms with Gasteiger partial charge in [0.1, 0.15) is 5.82 Å². The normalized spacial score (nSPS) is 14.4. The smallest absolute Gasteiger partial charge is 0.338 e. The van der Waals surface area contributed by atoms with Crippen molar-refractivity contribution in [2.75, 3.05) is 6.61 Å². The van der Waals surface area contributed by atoms with Crippen molar-refractivity contribution in [2.45, 2.75) is 38.6 Å². The molecule has 0 spiro atoms. The molecule has 3 aromatic rings. The van der Waals surface area contributed by atoms with Gasteiger partial charge in [0, 0.05) is 10.9 Å². The van der Waals surface area contributed by atoms with Gasteiger partial charge in [0.25, 0.3) is 0 Å². The minimum absolute atomic E-state index is 0.301. The number of aromatic nitrogens is 2. The second-order valence-corrected chi connectivity index (χ2v) is 7.11. The van der Waals surface area contributed by atoms with E-state index >= 15 is 0 Å². The predicted molar refractivity (Wildman–Crippen MR) is 103 cm³/mol. The fraction of sp³-hybridized carbons (Fsp3) is 0.333. The molecular weight excluding hydrogens is 348 g/mol. The van der Waals surface area contributed by atoms with E-state index in [1.807, 2.05) is 43.3 Å². The highest BCUT2D eigenvalue weighted by molar-refractivity contribution is 6.31. The van der Waals surface area contributed by atoms with E-state index in [1.165, 1.54) is 6.42 Å². The molecule has 4 nitrogen and oxygen atoms in total. The lowest BCUT2D eigenvalue weighted by atomic mass is 9.85. The predicted octanol–water partition coefficient (Wildman–Crippen LogP) is 5.18. The van der Waals surface area contributed by atoms with Crippen molar-refractivity contribution in [1.82, 2.24) is 9.55 Å². The summed E-state index contributed by atoms with van der Waals surface area (Å²) in [6.07, 6.45) is 3.57. The van der Waals surface area contributed by atoms with Crippen molar-refractivity contribution in [2.24, 2.45) is 0 Å². The Labute approximate surface area is 157 Å². The fourth-order valence-corrected chi connectivity index (χ4v) is 3.62. The van der Waals surface area contributed by atoms with E-state index in [0.717, 1.165) is 40.3 Å².